The number of aromatic nitrogens is 3. The molecule has 0 saturated carbocycles. The van der Waals surface area contributed by atoms with Gasteiger partial charge in [0.2, 0.25) is 5.91 Å². The van der Waals surface area contributed by atoms with E-state index in [-0.39, 0.29) is 23.6 Å². The third-order valence-corrected chi connectivity index (χ3v) is 4.94. The Bertz CT molecular complexity index is 1040. The summed E-state index contributed by atoms with van der Waals surface area (Å²) >= 11 is 0. The van der Waals surface area contributed by atoms with Crippen molar-refractivity contribution in [1.82, 2.24) is 25.8 Å². The second-order valence-corrected chi connectivity index (χ2v) is 6.86. The molecule has 1 fully saturated rings. The van der Waals surface area contributed by atoms with E-state index in [9.17, 15) is 14.7 Å². The molecule has 1 saturated heterocycles. The molecule has 1 atom stereocenters. The van der Waals surface area contributed by atoms with Gasteiger partial charge in [-0.15, -0.1) is 0 Å². The van der Waals surface area contributed by atoms with Crippen LogP contribution in [0.4, 0.5) is 0 Å². The minimum Gasteiger partial charge on any atom is -0.508 e. The van der Waals surface area contributed by atoms with Crippen LogP contribution in [0.3, 0.4) is 0 Å². The number of pyridine rings is 1. The molecule has 8 nitrogen and oxygen atoms in total. The van der Waals surface area contributed by atoms with Gasteiger partial charge >= 0.3 is 0 Å². The van der Waals surface area contributed by atoms with Gasteiger partial charge in [-0.1, -0.05) is 6.92 Å². The lowest BCUT2D eigenvalue weighted by Crippen LogP contribution is -2.38. The summed E-state index contributed by atoms with van der Waals surface area (Å²) in [5, 5.41) is 23.2. The average molecular weight is 379 g/mol. The van der Waals surface area contributed by atoms with Gasteiger partial charge in [-0.2, -0.15) is 5.10 Å². The molecule has 0 bridgehead atoms. The van der Waals surface area contributed by atoms with Crippen molar-refractivity contribution in [2.75, 3.05) is 6.54 Å². The van der Waals surface area contributed by atoms with E-state index in [0.29, 0.717) is 41.7 Å². The number of nitrogens with zero attached hydrogens (tertiary/aromatic N) is 2. The largest absolute Gasteiger partial charge is 0.508 e. The van der Waals surface area contributed by atoms with Crippen molar-refractivity contribution in [2.24, 2.45) is 0 Å². The maximum Gasteiger partial charge on any atom is 0.252 e. The van der Waals surface area contributed by atoms with E-state index in [1.807, 2.05) is 6.92 Å². The number of carbonyl (C=O) groups is 2. The van der Waals surface area contributed by atoms with E-state index in [4.69, 9.17) is 0 Å². The molecule has 8 heteroatoms. The zero-order valence-electron chi connectivity index (χ0n) is 15.5. The minimum absolute atomic E-state index is 0.0169. The SMILES string of the molecule is CCc1n[nH]c2nc(-c3ccc(O)cc3)cc(C(=O)NCC3CCC(=O)N3)c12. The van der Waals surface area contributed by atoms with Gasteiger partial charge in [0.25, 0.3) is 5.91 Å². The summed E-state index contributed by atoms with van der Waals surface area (Å²) in [6.45, 7) is 2.35. The Labute approximate surface area is 161 Å². The zero-order chi connectivity index (χ0) is 19.7. The second kappa shape index (κ2) is 7.30. The van der Waals surface area contributed by atoms with Crippen LogP contribution in [0.15, 0.2) is 30.3 Å². The van der Waals surface area contributed by atoms with Crippen LogP contribution in [0.1, 0.15) is 35.8 Å². The van der Waals surface area contributed by atoms with Crippen LogP contribution in [0.25, 0.3) is 22.3 Å². The molecule has 2 aromatic heterocycles. The minimum atomic E-state index is -0.232. The van der Waals surface area contributed by atoms with E-state index in [1.165, 1.54) is 0 Å². The fourth-order valence-electron chi connectivity index (χ4n) is 3.45. The highest BCUT2D eigenvalue weighted by molar-refractivity contribution is 6.07. The monoisotopic (exact) mass is 379 g/mol. The number of fused-ring (bicyclic) bond motifs is 1. The summed E-state index contributed by atoms with van der Waals surface area (Å²) < 4.78 is 0. The van der Waals surface area contributed by atoms with Gasteiger partial charge in [0, 0.05) is 24.6 Å². The van der Waals surface area contributed by atoms with Crippen molar-refractivity contribution < 1.29 is 14.7 Å². The number of phenols is 1. The molecule has 2 amide bonds. The van der Waals surface area contributed by atoms with Crippen LogP contribution in [0, 0.1) is 0 Å². The molecule has 0 spiro atoms. The molecular weight excluding hydrogens is 358 g/mol. The molecule has 0 radical (unpaired) electrons. The summed E-state index contributed by atoms with van der Waals surface area (Å²) in [6.07, 6.45) is 1.88. The van der Waals surface area contributed by atoms with Crippen LogP contribution in [-0.4, -0.2) is 44.7 Å². The van der Waals surface area contributed by atoms with E-state index >= 15 is 0 Å². The van der Waals surface area contributed by atoms with E-state index in [2.05, 4.69) is 25.8 Å². The Balaban J connectivity index is 1.69. The lowest BCUT2D eigenvalue weighted by Gasteiger charge is -2.13. The fraction of sp³-hybridized carbons (Fsp3) is 0.300. The summed E-state index contributed by atoms with van der Waals surface area (Å²) in [5.74, 6) is -0.0517. The lowest BCUT2D eigenvalue weighted by atomic mass is 10.0. The fourth-order valence-corrected chi connectivity index (χ4v) is 3.45. The van der Waals surface area contributed by atoms with Crippen molar-refractivity contribution in [3.05, 3.63) is 41.6 Å². The standard InChI is InChI=1S/C20H21N5O3/c1-2-15-18-14(20(28)21-10-12-5-8-17(27)22-12)9-16(23-19(18)25-24-15)11-3-6-13(26)7-4-11/h3-4,6-7,9,12,26H,2,5,8,10H2,1H3,(H,21,28)(H,22,27)(H,23,24,25). The Morgan fingerprint density at radius 3 is 2.79 bits per heavy atom. The van der Waals surface area contributed by atoms with E-state index < -0.39 is 0 Å². The number of aromatic amines is 1. The predicted molar refractivity (Wildman–Crippen MR) is 104 cm³/mol. The van der Waals surface area contributed by atoms with Crippen LogP contribution in [0.5, 0.6) is 5.75 Å². The summed E-state index contributed by atoms with van der Waals surface area (Å²) in [4.78, 5) is 28.9. The molecule has 28 heavy (non-hydrogen) atoms. The van der Waals surface area contributed by atoms with Crippen LogP contribution >= 0.6 is 0 Å². The number of phenolic OH excluding ortho intramolecular Hbond substituents is 1. The van der Waals surface area contributed by atoms with Crippen molar-refractivity contribution in [3.8, 4) is 17.0 Å². The van der Waals surface area contributed by atoms with Gasteiger partial charge in [0.1, 0.15) is 5.75 Å². The summed E-state index contributed by atoms with van der Waals surface area (Å²) in [5.41, 5.74) is 3.20. The Morgan fingerprint density at radius 2 is 2.11 bits per heavy atom. The molecule has 1 aliphatic heterocycles. The first-order valence-corrected chi connectivity index (χ1v) is 9.30. The van der Waals surface area contributed by atoms with Gasteiger partial charge in [0.15, 0.2) is 5.65 Å². The van der Waals surface area contributed by atoms with Crippen LogP contribution < -0.4 is 10.6 Å². The first-order valence-electron chi connectivity index (χ1n) is 9.30. The zero-order valence-corrected chi connectivity index (χ0v) is 15.5. The van der Waals surface area contributed by atoms with E-state index in [0.717, 1.165) is 17.7 Å². The first-order chi connectivity index (χ1) is 13.5. The van der Waals surface area contributed by atoms with Crippen LogP contribution in [0.2, 0.25) is 0 Å². The maximum absolute atomic E-state index is 13.0. The number of amides is 2. The van der Waals surface area contributed by atoms with Crippen molar-refractivity contribution in [2.45, 2.75) is 32.2 Å². The molecule has 144 valence electrons. The second-order valence-electron chi connectivity index (χ2n) is 6.86. The summed E-state index contributed by atoms with van der Waals surface area (Å²) in [6, 6.07) is 8.35. The molecule has 1 aliphatic rings. The number of rotatable bonds is 5. The molecule has 4 N–H and O–H groups in total. The number of nitrogens with one attached hydrogen (secondary N) is 3. The Hall–Kier alpha value is -3.42. The topological polar surface area (TPSA) is 120 Å². The van der Waals surface area contributed by atoms with Gasteiger partial charge in [-0.3, -0.25) is 14.7 Å². The van der Waals surface area contributed by atoms with Gasteiger partial charge in [0.05, 0.1) is 22.3 Å². The van der Waals surface area contributed by atoms with Gasteiger partial charge < -0.3 is 15.7 Å². The number of aryl methyl sites for hydroxylation is 1. The number of hydrogen-bond donors (Lipinski definition) is 4. The highest BCUT2D eigenvalue weighted by Crippen LogP contribution is 2.27. The number of H-pyrrole nitrogens is 1. The first kappa shape index (κ1) is 18.0. The molecule has 3 heterocycles. The highest BCUT2D eigenvalue weighted by Gasteiger charge is 2.23. The average Bonchev–Trinajstić information content (AvgIpc) is 3.31. The molecule has 4 rings (SSSR count). The van der Waals surface area contributed by atoms with Crippen LogP contribution in [-0.2, 0) is 11.2 Å². The van der Waals surface area contributed by atoms with Crippen molar-refractivity contribution in [1.29, 1.82) is 0 Å². The number of aromatic hydroxyl groups is 1. The quantitative estimate of drug-likeness (QED) is 0.540. The number of carbonyl (C=O) groups excluding carboxylic acids is 2. The number of benzene rings is 1. The van der Waals surface area contributed by atoms with E-state index in [1.54, 1.807) is 30.3 Å². The molecule has 0 aliphatic carbocycles. The molecule has 1 unspecified atom stereocenters. The third-order valence-electron chi connectivity index (χ3n) is 4.94. The van der Waals surface area contributed by atoms with Gasteiger partial charge in [-0.05, 0) is 43.2 Å². The molecular formula is C20H21N5O3. The molecule has 1 aromatic carbocycles. The van der Waals surface area contributed by atoms with Crippen molar-refractivity contribution in [3.63, 3.8) is 0 Å². The Kier molecular flexibility index (Phi) is 4.68. The lowest BCUT2D eigenvalue weighted by molar-refractivity contribution is -0.119. The highest BCUT2D eigenvalue weighted by atomic mass is 16.3. The van der Waals surface area contributed by atoms with Crippen molar-refractivity contribution >= 4 is 22.8 Å². The summed E-state index contributed by atoms with van der Waals surface area (Å²) in [7, 11) is 0. The predicted octanol–water partition coefficient (Wildman–Crippen LogP) is 1.90. The Morgan fingerprint density at radius 1 is 1.32 bits per heavy atom. The third kappa shape index (κ3) is 3.40. The smallest absolute Gasteiger partial charge is 0.252 e. The number of hydrogen-bond acceptors (Lipinski definition) is 5. The maximum atomic E-state index is 13.0. The normalized spacial score (nSPS) is 16.3. The van der Waals surface area contributed by atoms with Gasteiger partial charge in [-0.25, -0.2) is 4.98 Å². The molecule has 3 aromatic rings.